The van der Waals surface area contributed by atoms with Crippen molar-refractivity contribution in [2.24, 2.45) is 17.6 Å². The van der Waals surface area contributed by atoms with E-state index in [-0.39, 0.29) is 46.1 Å². The summed E-state index contributed by atoms with van der Waals surface area (Å²) in [7, 11) is 0. The number of nitrogens with two attached hydrogens (primary N) is 1. The lowest BCUT2D eigenvalue weighted by molar-refractivity contribution is -0.156. The number of carbonyl (C=O) groups excluding carboxylic acids is 2. The van der Waals surface area contributed by atoms with E-state index >= 15 is 0 Å². The summed E-state index contributed by atoms with van der Waals surface area (Å²) in [6, 6.07) is 1.41. The van der Waals surface area contributed by atoms with Crippen LogP contribution in [0.25, 0.3) is 0 Å². The van der Waals surface area contributed by atoms with Crippen LogP contribution in [-0.4, -0.2) is 34.3 Å². The number of pyridine rings is 1. The van der Waals surface area contributed by atoms with Gasteiger partial charge in [-0.15, -0.1) is 0 Å². The fourth-order valence-electron chi connectivity index (χ4n) is 5.17. The lowest BCUT2D eigenvalue weighted by Crippen LogP contribution is -2.30. The summed E-state index contributed by atoms with van der Waals surface area (Å²) < 4.78 is 46.1. The Morgan fingerprint density at radius 3 is 2.22 bits per heavy atom. The Balaban J connectivity index is 0.000000507. The number of nitrogens with zero attached hydrogens (tertiary/aromatic N) is 1. The van der Waals surface area contributed by atoms with Gasteiger partial charge in [-0.25, -0.2) is 4.98 Å². The van der Waals surface area contributed by atoms with E-state index in [1.165, 1.54) is 31.5 Å². The highest BCUT2D eigenvalue weighted by molar-refractivity contribution is 6.13. The van der Waals surface area contributed by atoms with Gasteiger partial charge in [0, 0.05) is 35.4 Å². The van der Waals surface area contributed by atoms with E-state index in [4.69, 9.17) is 15.9 Å². The van der Waals surface area contributed by atoms with Crippen molar-refractivity contribution in [1.29, 1.82) is 5.41 Å². The molecule has 4 N–H and O–H groups in total. The quantitative estimate of drug-likeness (QED) is 0.127. The van der Waals surface area contributed by atoms with E-state index in [0.717, 1.165) is 45.4 Å². The maximum Gasteiger partial charge on any atom is 0.395 e. The number of unbranched alkanes of at least 4 members (excludes halogenated alkanes) is 2. The van der Waals surface area contributed by atoms with Gasteiger partial charge in [0.25, 0.3) is 0 Å². The number of rotatable bonds is 11. The Morgan fingerprint density at radius 1 is 1.09 bits per heavy atom. The molecule has 0 saturated heterocycles. The first kappa shape index (κ1) is 40.1. The van der Waals surface area contributed by atoms with E-state index in [9.17, 15) is 22.8 Å². The lowest BCUT2D eigenvalue weighted by Gasteiger charge is -2.27. The van der Waals surface area contributed by atoms with Crippen molar-refractivity contribution in [3.8, 4) is 0 Å². The van der Waals surface area contributed by atoms with Crippen LogP contribution in [0.15, 0.2) is 23.5 Å². The predicted octanol–water partition coefficient (Wildman–Crippen LogP) is 9.60. The predicted molar refractivity (Wildman–Crippen MR) is 176 cm³/mol. The maximum absolute atomic E-state index is 13.6. The number of hydrogen-bond donors (Lipinski definition) is 3. The van der Waals surface area contributed by atoms with E-state index in [0.29, 0.717) is 36.5 Å². The molecule has 1 saturated carbocycles. The van der Waals surface area contributed by atoms with Crippen LogP contribution >= 0.6 is 0 Å². The first-order chi connectivity index (χ1) is 21.0. The van der Waals surface area contributed by atoms with Crippen molar-refractivity contribution >= 4 is 23.4 Å². The first-order valence-corrected chi connectivity index (χ1v) is 16.7. The molecule has 256 valence electrons. The van der Waals surface area contributed by atoms with Gasteiger partial charge in [0.1, 0.15) is 11.4 Å². The van der Waals surface area contributed by atoms with Crippen molar-refractivity contribution in [2.45, 2.75) is 150 Å². The molecule has 1 heterocycles. The number of amides is 1. The Hall–Kier alpha value is -2.91. The molecule has 1 amide bonds. The number of alkyl halides is 3. The van der Waals surface area contributed by atoms with E-state index in [1.54, 1.807) is 0 Å². The minimum absolute atomic E-state index is 0.00940. The summed E-state index contributed by atoms with van der Waals surface area (Å²) in [5, 5.41) is 11.1. The summed E-state index contributed by atoms with van der Waals surface area (Å²) in [6.45, 7) is 15.1. The molecule has 0 spiro atoms. The number of allylic oxidation sites excluding steroid dienone is 2. The molecule has 1 fully saturated rings. The number of esters is 1. The molecule has 2 atom stereocenters. The minimum Gasteiger partial charge on any atom is -0.460 e. The summed E-state index contributed by atoms with van der Waals surface area (Å²) >= 11 is 0. The molecule has 1 aromatic rings. The monoisotopic (exact) mass is 638 g/mol. The van der Waals surface area contributed by atoms with Gasteiger partial charge >= 0.3 is 12.1 Å². The van der Waals surface area contributed by atoms with Gasteiger partial charge in [0.2, 0.25) is 5.91 Å². The molecule has 0 aromatic carbocycles. The van der Waals surface area contributed by atoms with E-state index < -0.39 is 12.1 Å². The molecule has 1 aromatic heterocycles. The van der Waals surface area contributed by atoms with Crippen LogP contribution in [0.5, 0.6) is 0 Å². The Bertz CT molecular complexity index is 1140. The molecule has 0 bridgehead atoms. The smallest absolute Gasteiger partial charge is 0.395 e. The number of ether oxygens (including phenoxy) is 1. The largest absolute Gasteiger partial charge is 0.460 e. The fraction of sp³-hybridized carbons (Fsp3) is 0.714. The van der Waals surface area contributed by atoms with Crippen LogP contribution < -0.4 is 11.1 Å². The Labute approximate surface area is 268 Å². The highest BCUT2D eigenvalue weighted by Gasteiger charge is 2.41. The van der Waals surface area contributed by atoms with Crippen LogP contribution in [0.4, 0.5) is 19.0 Å². The number of carbonyl (C=O) groups is 2. The van der Waals surface area contributed by atoms with Gasteiger partial charge < -0.3 is 15.8 Å². The van der Waals surface area contributed by atoms with E-state index in [1.807, 2.05) is 34.6 Å². The van der Waals surface area contributed by atoms with Crippen molar-refractivity contribution in [3.05, 3.63) is 34.7 Å². The summed E-state index contributed by atoms with van der Waals surface area (Å²) in [5.41, 5.74) is 6.79. The zero-order valence-electron chi connectivity index (χ0n) is 28.8. The van der Waals surface area contributed by atoms with Crippen molar-refractivity contribution < 1.29 is 27.5 Å². The minimum atomic E-state index is -4.53. The standard InChI is InChI=1S/C20H25F3N4O.C13H26O2.C2H6/c1-11(20(21,22)23)16-14(17(25)13-7-2-3-8-15(13)24)9-10-26-18(16)27-19(28)12-5-4-6-12;1-6-7-8-9-11(2)10-12(14)15-13(3,4)5;1-2/h9-12,25H,2-8,24H2,1H3,(H,26,27,28);11H,6-10H2,1-5H3;1-2H3/t11-;;/m1../s1. The molecule has 2 aliphatic rings. The highest BCUT2D eigenvalue weighted by Crippen LogP contribution is 2.41. The second kappa shape index (κ2) is 18.9. The average molecular weight is 639 g/mol. The second-order valence-electron chi connectivity index (χ2n) is 13.0. The van der Waals surface area contributed by atoms with Gasteiger partial charge in [-0.3, -0.25) is 15.0 Å². The highest BCUT2D eigenvalue weighted by atomic mass is 19.4. The second-order valence-corrected chi connectivity index (χ2v) is 13.0. The molecular weight excluding hydrogens is 581 g/mol. The van der Waals surface area contributed by atoms with Crippen molar-refractivity contribution in [1.82, 2.24) is 4.98 Å². The zero-order valence-corrected chi connectivity index (χ0v) is 28.8. The lowest BCUT2D eigenvalue weighted by atomic mass is 9.84. The first-order valence-electron chi connectivity index (χ1n) is 16.7. The van der Waals surface area contributed by atoms with Gasteiger partial charge in [0.05, 0.1) is 11.6 Å². The topological polar surface area (TPSA) is 118 Å². The SMILES string of the molecule is CC.CCCCCC(C)CC(=O)OC(C)(C)C.C[C@H](c1c(C(=N)C2=C(N)CCCC2)ccnc1NC(=O)C1CCC1)C(F)(F)F. The Morgan fingerprint density at radius 2 is 1.71 bits per heavy atom. The summed E-state index contributed by atoms with van der Waals surface area (Å²) in [5.74, 6) is -2.10. The third-order valence-corrected chi connectivity index (χ3v) is 7.95. The molecular formula is C35H57F3N4O3. The zero-order chi connectivity index (χ0) is 34.4. The molecule has 3 rings (SSSR count). The van der Waals surface area contributed by atoms with Gasteiger partial charge in [-0.1, -0.05) is 59.8 Å². The summed E-state index contributed by atoms with van der Waals surface area (Å²) in [4.78, 5) is 27.8. The third-order valence-electron chi connectivity index (χ3n) is 7.95. The molecule has 2 aliphatic carbocycles. The average Bonchev–Trinajstić information content (AvgIpc) is 2.91. The number of nitrogens with one attached hydrogen (secondary N) is 2. The van der Waals surface area contributed by atoms with E-state index in [2.05, 4.69) is 24.1 Å². The molecule has 1 unspecified atom stereocenters. The maximum atomic E-state index is 13.6. The van der Waals surface area contributed by atoms with Crippen LogP contribution in [0.1, 0.15) is 149 Å². The van der Waals surface area contributed by atoms with Crippen LogP contribution in [0.2, 0.25) is 0 Å². The number of halogens is 3. The van der Waals surface area contributed by atoms with Crippen molar-refractivity contribution in [2.75, 3.05) is 5.32 Å². The van der Waals surface area contributed by atoms with Crippen LogP contribution in [-0.2, 0) is 14.3 Å². The summed E-state index contributed by atoms with van der Waals surface area (Å²) in [6.07, 6.45) is 7.58. The molecule has 45 heavy (non-hydrogen) atoms. The van der Waals surface area contributed by atoms with Crippen molar-refractivity contribution in [3.63, 3.8) is 0 Å². The normalized spacial score (nSPS) is 16.6. The van der Waals surface area contributed by atoms with Gasteiger partial charge in [-0.05, 0) is 83.8 Å². The number of anilines is 1. The third kappa shape index (κ3) is 13.5. The van der Waals surface area contributed by atoms with Gasteiger partial charge in [0.15, 0.2) is 0 Å². The molecule has 0 aliphatic heterocycles. The molecule has 0 radical (unpaired) electrons. The number of aromatic nitrogens is 1. The fourth-order valence-corrected chi connectivity index (χ4v) is 5.17. The van der Waals surface area contributed by atoms with Crippen LogP contribution in [0.3, 0.4) is 0 Å². The Kier molecular flexibility index (Phi) is 16.9. The molecule has 10 heteroatoms. The number of hydrogen-bond acceptors (Lipinski definition) is 6. The molecule has 7 nitrogen and oxygen atoms in total. The van der Waals surface area contributed by atoms with Crippen LogP contribution in [0, 0.1) is 17.2 Å². The van der Waals surface area contributed by atoms with Gasteiger partial charge in [-0.2, -0.15) is 13.2 Å².